The summed E-state index contributed by atoms with van der Waals surface area (Å²) in [7, 11) is 0. The van der Waals surface area contributed by atoms with Crippen LogP contribution in [0.5, 0.6) is 0 Å². The van der Waals surface area contributed by atoms with Gasteiger partial charge in [0.15, 0.2) is 0 Å². The van der Waals surface area contributed by atoms with E-state index in [0.29, 0.717) is 0 Å². The zero-order valence-electron chi connectivity index (χ0n) is 16.5. The van der Waals surface area contributed by atoms with Gasteiger partial charge in [-0.2, -0.15) is 0 Å². The Hall–Kier alpha value is -3.06. The molecule has 0 radical (unpaired) electrons. The summed E-state index contributed by atoms with van der Waals surface area (Å²) >= 11 is 1.61. The first-order chi connectivity index (χ1) is 14.2. The van der Waals surface area contributed by atoms with Crippen LogP contribution in [0.2, 0.25) is 0 Å². The average molecular weight is 403 g/mol. The van der Waals surface area contributed by atoms with Gasteiger partial charge in [0.2, 0.25) is 0 Å². The summed E-state index contributed by atoms with van der Waals surface area (Å²) in [5.41, 5.74) is 4.17. The van der Waals surface area contributed by atoms with Crippen LogP contribution < -0.4 is 10.2 Å². The molecule has 0 aromatic carbocycles. The second kappa shape index (κ2) is 7.40. The van der Waals surface area contributed by atoms with E-state index in [9.17, 15) is 0 Å². The SMILES string of the molecule is Cc1cccnc1-c1nc2cc(Nc3ccc(C)c(N4CCCC4)n3)ncc2s1. The van der Waals surface area contributed by atoms with Gasteiger partial charge in [-0.05, 0) is 49.9 Å². The van der Waals surface area contributed by atoms with Gasteiger partial charge >= 0.3 is 0 Å². The summed E-state index contributed by atoms with van der Waals surface area (Å²) < 4.78 is 1.05. The fourth-order valence-electron chi connectivity index (χ4n) is 3.68. The van der Waals surface area contributed by atoms with Crippen LogP contribution in [0, 0.1) is 13.8 Å². The maximum atomic E-state index is 4.84. The van der Waals surface area contributed by atoms with Crippen LogP contribution in [0.25, 0.3) is 20.9 Å². The second-order valence-corrected chi connectivity index (χ2v) is 8.41. The normalized spacial score (nSPS) is 13.9. The van der Waals surface area contributed by atoms with Crippen LogP contribution in [0.3, 0.4) is 0 Å². The van der Waals surface area contributed by atoms with E-state index >= 15 is 0 Å². The van der Waals surface area contributed by atoms with Crippen LogP contribution in [0.4, 0.5) is 17.5 Å². The lowest BCUT2D eigenvalue weighted by molar-refractivity contribution is 0.929. The highest BCUT2D eigenvalue weighted by molar-refractivity contribution is 7.21. The van der Waals surface area contributed by atoms with Gasteiger partial charge in [0.05, 0.1) is 10.2 Å². The van der Waals surface area contributed by atoms with Crippen LogP contribution in [0.1, 0.15) is 24.0 Å². The van der Waals surface area contributed by atoms with Crippen molar-refractivity contribution >= 4 is 39.0 Å². The Balaban J connectivity index is 1.44. The van der Waals surface area contributed by atoms with E-state index in [1.807, 2.05) is 24.4 Å². The van der Waals surface area contributed by atoms with Crippen molar-refractivity contribution < 1.29 is 0 Å². The molecule has 0 aliphatic carbocycles. The van der Waals surface area contributed by atoms with Crippen molar-refractivity contribution in [3.05, 3.63) is 53.9 Å². The molecule has 5 rings (SSSR count). The molecule has 4 aromatic rings. The monoisotopic (exact) mass is 402 g/mol. The van der Waals surface area contributed by atoms with Gasteiger partial charge in [-0.25, -0.2) is 15.0 Å². The van der Waals surface area contributed by atoms with E-state index in [-0.39, 0.29) is 0 Å². The van der Waals surface area contributed by atoms with Crippen molar-refractivity contribution in [2.45, 2.75) is 26.7 Å². The molecule has 5 heterocycles. The molecule has 1 N–H and O–H groups in total. The Morgan fingerprint density at radius 3 is 2.66 bits per heavy atom. The molecule has 4 aromatic heterocycles. The number of hydrogen-bond donors (Lipinski definition) is 1. The number of fused-ring (bicyclic) bond motifs is 1. The lowest BCUT2D eigenvalue weighted by Crippen LogP contribution is -2.20. The number of anilines is 3. The highest BCUT2D eigenvalue weighted by Crippen LogP contribution is 2.32. The molecular weight excluding hydrogens is 380 g/mol. The molecule has 1 saturated heterocycles. The smallest absolute Gasteiger partial charge is 0.143 e. The van der Waals surface area contributed by atoms with Gasteiger partial charge in [-0.3, -0.25) is 4.98 Å². The summed E-state index contributed by atoms with van der Waals surface area (Å²) in [5, 5.41) is 4.27. The maximum Gasteiger partial charge on any atom is 0.143 e. The first-order valence-corrected chi connectivity index (χ1v) is 10.7. The number of nitrogens with one attached hydrogen (secondary N) is 1. The Kier molecular flexibility index (Phi) is 4.60. The molecule has 1 aliphatic heterocycles. The predicted octanol–water partition coefficient (Wildman–Crippen LogP) is 5.11. The number of aromatic nitrogens is 4. The molecule has 1 fully saturated rings. The summed E-state index contributed by atoms with van der Waals surface area (Å²) in [6.45, 7) is 6.33. The van der Waals surface area contributed by atoms with Crippen LogP contribution in [-0.2, 0) is 0 Å². The highest BCUT2D eigenvalue weighted by Gasteiger charge is 2.16. The molecule has 0 spiro atoms. The molecule has 1 aliphatic rings. The Morgan fingerprint density at radius 2 is 1.83 bits per heavy atom. The molecule has 0 amide bonds. The van der Waals surface area contributed by atoms with Crippen molar-refractivity contribution in [1.82, 2.24) is 19.9 Å². The van der Waals surface area contributed by atoms with Gasteiger partial charge in [0.25, 0.3) is 0 Å². The number of pyridine rings is 3. The largest absolute Gasteiger partial charge is 0.356 e. The predicted molar refractivity (Wildman–Crippen MR) is 119 cm³/mol. The van der Waals surface area contributed by atoms with E-state index < -0.39 is 0 Å². The number of nitrogens with zero attached hydrogens (tertiary/aromatic N) is 5. The standard InChI is InChI=1S/C22H22N6S/c1-14-6-5-9-23-20(14)22-25-16-12-19(24-13-17(16)29-22)26-18-8-7-15(2)21(27-18)28-10-3-4-11-28/h5-9,12-13H,3-4,10-11H2,1-2H3,(H,24,26,27). The summed E-state index contributed by atoms with van der Waals surface area (Å²) in [6.07, 6.45) is 6.14. The van der Waals surface area contributed by atoms with Crippen LogP contribution >= 0.6 is 11.3 Å². The number of hydrogen-bond acceptors (Lipinski definition) is 7. The molecule has 7 heteroatoms. The first kappa shape index (κ1) is 18.0. The van der Waals surface area contributed by atoms with Gasteiger partial charge in [0.1, 0.15) is 28.2 Å². The van der Waals surface area contributed by atoms with Gasteiger partial charge in [0, 0.05) is 31.5 Å². The summed E-state index contributed by atoms with van der Waals surface area (Å²) in [5.74, 6) is 2.62. The van der Waals surface area contributed by atoms with Gasteiger partial charge < -0.3 is 10.2 Å². The van der Waals surface area contributed by atoms with E-state index in [1.165, 1.54) is 18.4 Å². The van der Waals surface area contributed by atoms with E-state index in [4.69, 9.17) is 9.97 Å². The molecule has 29 heavy (non-hydrogen) atoms. The summed E-state index contributed by atoms with van der Waals surface area (Å²) in [6, 6.07) is 10.1. The molecule has 0 bridgehead atoms. The van der Waals surface area contributed by atoms with Gasteiger partial charge in [-0.1, -0.05) is 12.1 Å². The molecule has 0 saturated carbocycles. The molecule has 6 nitrogen and oxygen atoms in total. The quantitative estimate of drug-likeness (QED) is 0.512. The highest BCUT2D eigenvalue weighted by atomic mass is 32.1. The molecular formula is C22H22N6S. The zero-order valence-corrected chi connectivity index (χ0v) is 17.3. The van der Waals surface area contributed by atoms with Crippen molar-refractivity contribution in [1.29, 1.82) is 0 Å². The minimum atomic E-state index is 0.746. The molecule has 146 valence electrons. The van der Waals surface area contributed by atoms with Crippen molar-refractivity contribution in [3.8, 4) is 10.7 Å². The topological polar surface area (TPSA) is 66.8 Å². The van der Waals surface area contributed by atoms with E-state index in [0.717, 1.165) is 57.0 Å². The zero-order chi connectivity index (χ0) is 19.8. The second-order valence-electron chi connectivity index (χ2n) is 7.38. The number of aryl methyl sites for hydroxylation is 2. The minimum absolute atomic E-state index is 0.746. The van der Waals surface area contributed by atoms with Crippen molar-refractivity contribution in [3.63, 3.8) is 0 Å². The number of thiazole rings is 1. The Morgan fingerprint density at radius 1 is 0.966 bits per heavy atom. The van der Waals surface area contributed by atoms with Crippen LogP contribution in [0.15, 0.2) is 42.7 Å². The lowest BCUT2D eigenvalue weighted by Gasteiger charge is -2.19. The average Bonchev–Trinajstić information content (AvgIpc) is 3.39. The summed E-state index contributed by atoms with van der Waals surface area (Å²) in [4.78, 5) is 21.0. The third-order valence-corrected chi connectivity index (χ3v) is 6.23. The minimum Gasteiger partial charge on any atom is -0.356 e. The van der Waals surface area contributed by atoms with Crippen molar-refractivity contribution in [2.75, 3.05) is 23.3 Å². The third-order valence-electron chi connectivity index (χ3n) is 5.22. The number of rotatable bonds is 4. The van der Waals surface area contributed by atoms with E-state index in [2.05, 4.69) is 46.2 Å². The fourth-order valence-corrected chi connectivity index (χ4v) is 4.66. The molecule has 0 atom stereocenters. The molecule has 0 unspecified atom stereocenters. The first-order valence-electron chi connectivity index (χ1n) is 9.85. The maximum absolute atomic E-state index is 4.84. The van der Waals surface area contributed by atoms with E-state index in [1.54, 1.807) is 17.5 Å². The fraction of sp³-hybridized carbons (Fsp3) is 0.273. The Bertz CT molecular complexity index is 1180. The third kappa shape index (κ3) is 3.53. The Labute approximate surface area is 173 Å². The van der Waals surface area contributed by atoms with Crippen LogP contribution in [-0.4, -0.2) is 33.0 Å². The van der Waals surface area contributed by atoms with Crippen molar-refractivity contribution in [2.24, 2.45) is 0 Å². The lowest BCUT2D eigenvalue weighted by atomic mass is 10.2. The van der Waals surface area contributed by atoms with Gasteiger partial charge in [-0.15, -0.1) is 11.3 Å².